The van der Waals surface area contributed by atoms with E-state index in [1.807, 2.05) is 0 Å². The number of guanidine groups is 1. The van der Waals surface area contributed by atoms with Crippen LogP contribution < -0.4 is 11.1 Å². The van der Waals surface area contributed by atoms with Crippen molar-refractivity contribution in [1.82, 2.24) is 10.2 Å². The van der Waals surface area contributed by atoms with E-state index in [1.165, 1.54) is 57.8 Å². The van der Waals surface area contributed by atoms with Crippen molar-refractivity contribution in [2.45, 2.75) is 69.9 Å². The third-order valence-corrected chi connectivity index (χ3v) is 4.64. The van der Waals surface area contributed by atoms with Gasteiger partial charge in [0.15, 0.2) is 5.96 Å². The zero-order valence-electron chi connectivity index (χ0n) is 12.4. The summed E-state index contributed by atoms with van der Waals surface area (Å²) in [6.45, 7) is 1.84. The highest BCUT2D eigenvalue weighted by atomic mass is 15.2. The number of nitrogens with two attached hydrogens (primary N) is 1. The van der Waals surface area contributed by atoms with Gasteiger partial charge in [0, 0.05) is 18.6 Å². The second-order valence-electron chi connectivity index (χ2n) is 6.17. The van der Waals surface area contributed by atoms with E-state index in [4.69, 9.17) is 5.73 Å². The molecule has 0 spiro atoms. The summed E-state index contributed by atoms with van der Waals surface area (Å²) in [5.74, 6) is 0.645. The van der Waals surface area contributed by atoms with Gasteiger partial charge in [-0.3, -0.25) is 4.99 Å². The fraction of sp³-hybridized carbons (Fsp3) is 0.933. The maximum atomic E-state index is 5.96. The normalized spacial score (nSPS) is 23.2. The third-order valence-electron chi connectivity index (χ3n) is 4.64. The van der Waals surface area contributed by atoms with Crippen LogP contribution in [0, 0.1) is 0 Å². The van der Waals surface area contributed by atoms with Gasteiger partial charge in [0.25, 0.3) is 0 Å². The molecule has 0 radical (unpaired) electrons. The van der Waals surface area contributed by atoms with E-state index in [9.17, 15) is 0 Å². The van der Waals surface area contributed by atoms with Crippen LogP contribution in [0.3, 0.4) is 0 Å². The Morgan fingerprint density at radius 3 is 2.42 bits per heavy atom. The monoisotopic (exact) mass is 266 g/mol. The summed E-state index contributed by atoms with van der Waals surface area (Å²) in [6.07, 6.45) is 12.0. The van der Waals surface area contributed by atoms with Crippen LogP contribution in [0.15, 0.2) is 4.99 Å². The highest BCUT2D eigenvalue weighted by Crippen LogP contribution is 2.22. The van der Waals surface area contributed by atoms with E-state index < -0.39 is 0 Å². The van der Waals surface area contributed by atoms with Gasteiger partial charge < -0.3 is 16.0 Å². The second-order valence-corrected chi connectivity index (χ2v) is 6.17. The molecule has 2 fully saturated rings. The van der Waals surface area contributed by atoms with Gasteiger partial charge >= 0.3 is 0 Å². The SMILES string of the molecule is CN(CCN=C(N)NC1CCCCC1)C1CCCC1. The molecule has 19 heavy (non-hydrogen) atoms. The Labute approximate surface area is 117 Å². The highest BCUT2D eigenvalue weighted by Gasteiger charge is 2.18. The lowest BCUT2D eigenvalue weighted by Gasteiger charge is -2.24. The highest BCUT2D eigenvalue weighted by molar-refractivity contribution is 5.78. The molecule has 2 rings (SSSR count). The Bertz CT molecular complexity index is 278. The summed E-state index contributed by atoms with van der Waals surface area (Å²) >= 11 is 0. The number of nitrogens with zero attached hydrogens (tertiary/aromatic N) is 2. The molecule has 2 aliphatic rings. The molecule has 2 saturated carbocycles. The lowest BCUT2D eigenvalue weighted by Crippen LogP contribution is -2.41. The van der Waals surface area contributed by atoms with Crippen LogP contribution in [0.25, 0.3) is 0 Å². The number of rotatable bonds is 5. The van der Waals surface area contributed by atoms with Crippen LogP contribution in [0.4, 0.5) is 0 Å². The molecule has 0 aliphatic heterocycles. The molecule has 4 nitrogen and oxygen atoms in total. The van der Waals surface area contributed by atoms with Gasteiger partial charge in [0.2, 0.25) is 0 Å². The predicted octanol–water partition coefficient (Wildman–Crippen LogP) is 2.10. The Kier molecular flexibility index (Phi) is 5.95. The zero-order valence-corrected chi connectivity index (χ0v) is 12.4. The van der Waals surface area contributed by atoms with Crippen LogP contribution in [0.5, 0.6) is 0 Å². The Balaban J connectivity index is 1.63. The molecule has 0 aromatic carbocycles. The van der Waals surface area contributed by atoms with Gasteiger partial charge in [-0.2, -0.15) is 0 Å². The molecule has 4 heteroatoms. The number of hydrogen-bond donors (Lipinski definition) is 2. The third kappa shape index (κ3) is 5.01. The summed E-state index contributed by atoms with van der Waals surface area (Å²) in [5, 5.41) is 3.37. The fourth-order valence-electron chi connectivity index (χ4n) is 3.36. The molecule has 0 aromatic rings. The first-order valence-electron chi connectivity index (χ1n) is 8.02. The molecule has 110 valence electrons. The topological polar surface area (TPSA) is 53.6 Å². The second kappa shape index (κ2) is 7.73. The molecule has 0 amide bonds. The van der Waals surface area contributed by atoms with Crippen LogP contribution in [0.2, 0.25) is 0 Å². The first-order chi connectivity index (χ1) is 9.25. The van der Waals surface area contributed by atoms with Gasteiger partial charge in [-0.25, -0.2) is 0 Å². The van der Waals surface area contributed by atoms with Crippen molar-refractivity contribution in [2.75, 3.05) is 20.1 Å². The lowest BCUT2D eigenvalue weighted by atomic mass is 9.96. The largest absolute Gasteiger partial charge is 0.370 e. The minimum atomic E-state index is 0.560. The van der Waals surface area contributed by atoms with Crippen molar-refractivity contribution in [3.63, 3.8) is 0 Å². The number of hydrogen-bond acceptors (Lipinski definition) is 2. The Morgan fingerprint density at radius 1 is 1.11 bits per heavy atom. The van der Waals surface area contributed by atoms with Gasteiger partial charge in [-0.05, 0) is 32.7 Å². The predicted molar refractivity (Wildman–Crippen MR) is 81.4 cm³/mol. The van der Waals surface area contributed by atoms with Crippen molar-refractivity contribution < 1.29 is 0 Å². The van der Waals surface area contributed by atoms with Gasteiger partial charge in [0.05, 0.1) is 6.54 Å². The van der Waals surface area contributed by atoms with Gasteiger partial charge in [-0.1, -0.05) is 32.1 Å². The van der Waals surface area contributed by atoms with Crippen molar-refractivity contribution in [2.24, 2.45) is 10.7 Å². The molecule has 3 N–H and O–H groups in total. The Morgan fingerprint density at radius 2 is 1.74 bits per heavy atom. The molecular weight excluding hydrogens is 236 g/mol. The summed E-state index contributed by atoms with van der Waals surface area (Å²) in [7, 11) is 2.22. The number of likely N-dealkylation sites (N-methyl/N-ethyl adjacent to an activating group) is 1. The molecule has 2 aliphatic carbocycles. The van der Waals surface area contributed by atoms with Gasteiger partial charge in [0.1, 0.15) is 0 Å². The van der Waals surface area contributed by atoms with Crippen LogP contribution in [-0.2, 0) is 0 Å². The van der Waals surface area contributed by atoms with E-state index in [2.05, 4.69) is 22.3 Å². The van der Waals surface area contributed by atoms with E-state index in [1.54, 1.807) is 0 Å². The molecule has 0 unspecified atom stereocenters. The quantitative estimate of drug-likeness (QED) is 0.592. The minimum absolute atomic E-state index is 0.560. The van der Waals surface area contributed by atoms with Crippen molar-refractivity contribution in [3.8, 4) is 0 Å². The summed E-state index contributed by atoms with van der Waals surface area (Å²) in [6, 6.07) is 1.34. The van der Waals surface area contributed by atoms with E-state index in [0.717, 1.165) is 19.1 Å². The molecule has 0 heterocycles. The van der Waals surface area contributed by atoms with Crippen molar-refractivity contribution in [3.05, 3.63) is 0 Å². The van der Waals surface area contributed by atoms with Gasteiger partial charge in [-0.15, -0.1) is 0 Å². The van der Waals surface area contributed by atoms with E-state index in [-0.39, 0.29) is 0 Å². The van der Waals surface area contributed by atoms with Crippen LogP contribution in [0.1, 0.15) is 57.8 Å². The molecular formula is C15H30N4. The summed E-state index contributed by atoms with van der Waals surface area (Å²) < 4.78 is 0. The van der Waals surface area contributed by atoms with Crippen LogP contribution >= 0.6 is 0 Å². The minimum Gasteiger partial charge on any atom is -0.370 e. The average Bonchev–Trinajstić information content (AvgIpc) is 2.93. The lowest BCUT2D eigenvalue weighted by molar-refractivity contribution is 0.252. The first-order valence-corrected chi connectivity index (χ1v) is 8.02. The first kappa shape index (κ1) is 14.6. The maximum absolute atomic E-state index is 5.96. The maximum Gasteiger partial charge on any atom is 0.188 e. The van der Waals surface area contributed by atoms with Crippen molar-refractivity contribution in [1.29, 1.82) is 0 Å². The molecule has 0 atom stereocenters. The van der Waals surface area contributed by atoms with Crippen molar-refractivity contribution >= 4 is 5.96 Å². The van der Waals surface area contributed by atoms with E-state index >= 15 is 0 Å². The molecule has 0 aromatic heterocycles. The van der Waals surface area contributed by atoms with E-state index in [0.29, 0.717) is 12.0 Å². The standard InChI is InChI=1S/C15H30N4/c1-19(14-9-5-6-10-14)12-11-17-15(16)18-13-7-3-2-4-8-13/h13-14H,2-12H2,1H3,(H3,16,17,18). The smallest absolute Gasteiger partial charge is 0.188 e. The zero-order chi connectivity index (χ0) is 13.5. The molecule has 0 bridgehead atoms. The summed E-state index contributed by atoms with van der Waals surface area (Å²) in [4.78, 5) is 6.92. The number of aliphatic imine (C=N–C) groups is 1. The average molecular weight is 266 g/mol. The Hall–Kier alpha value is -0.770. The summed E-state index contributed by atoms with van der Waals surface area (Å²) in [5.41, 5.74) is 5.96. The molecule has 0 saturated heterocycles. The fourth-order valence-corrected chi connectivity index (χ4v) is 3.36. The number of nitrogens with one attached hydrogen (secondary N) is 1. The van der Waals surface area contributed by atoms with Crippen LogP contribution in [-0.4, -0.2) is 43.1 Å².